The van der Waals surface area contributed by atoms with Crippen molar-refractivity contribution in [3.8, 4) is 11.4 Å². The number of ether oxygens (including phenoxy) is 1. The Balaban J connectivity index is 1.39. The van der Waals surface area contributed by atoms with Gasteiger partial charge in [-0.2, -0.15) is 0 Å². The predicted octanol–water partition coefficient (Wildman–Crippen LogP) is 2.16. The van der Waals surface area contributed by atoms with Crippen LogP contribution < -0.4 is 21.1 Å². The molecule has 0 radical (unpaired) electrons. The third-order valence-electron chi connectivity index (χ3n) is 6.88. The minimum atomic E-state index is -1.41. The van der Waals surface area contributed by atoms with Gasteiger partial charge < -0.3 is 21.1 Å². The van der Waals surface area contributed by atoms with Crippen LogP contribution in [-0.2, 0) is 0 Å². The van der Waals surface area contributed by atoms with Crippen molar-refractivity contribution >= 4 is 11.6 Å². The molecule has 33 heavy (non-hydrogen) atoms. The molecule has 1 saturated carbocycles. The van der Waals surface area contributed by atoms with Gasteiger partial charge in [-0.15, -0.1) is 5.10 Å². The van der Waals surface area contributed by atoms with Crippen LogP contribution >= 0.6 is 0 Å². The van der Waals surface area contributed by atoms with Gasteiger partial charge in [-0.05, 0) is 56.0 Å². The van der Waals surface area contributed by atoms with Gasteiger partial charge in [-0.3, -0.25) is 4.90 Å². The number of hydrogen-bond donors (Lipinski definition) is 3. The molecule has 0 amide bonds. The Labute approximate surface area is 192 Å². The lowest BCUT2D eigenvalue weighted by atomic mass is 9.78. The quantitative estimate of drug-likeness (QED) is 0.628. The number of nitrogens with zero attached hydrogens (tertiary/aromatic N) is 6. The molecule has 5 rings (SSSR count). The molecule has 3 heterocycles. The molecule has 3 aliphatic rings. The zero-order chi connectivity index (χ0) is 23.2. The first-order valence-corrected chi connectivity index (χ1v) is 11.4. The lowest BCUT2D eigenvalue weighted by Crippen LogP contribution is -2.58. The SMILES string of the molecule is COc1cc(NC2=NC(N)(C3CC(C)N(C4CC4)C(C)C3)C(F)=CN2)cc(-n2cnnn2)c1. The number of nitrogens with one attached hydrogen (secondary N) is 2. The molecule has 2 aromatic rings. The van der Waals surface area contributed by atoms with Crippen molar-refractivity contribution in [1.29, 1.82) is 0 Å². The maximum Gasteiger partial charge on any atom is 0.202 e. The smallest absolute Gasteiger partial charge is 0.202 e. The number of hydrogen-bond acceptors (Lipinski definition) is 9. The van der Waals surface area contributed by atoms with Crippen LogP contribution in [0.3, 0.4) is 0 Å². The molecule has 1 saturated heterocycles. The molecular formula is C22H30FN9O. The summed E-state index contributed by atoms with van der Waals surface area (Å²) >= 11 is 0. The van der Waals surface area contributed by atoms with E-state index in [9.17, 15) is 0 Å². The van der Waals surface area contributed by atoms with Crippen LogP contribution in [0.25, 0.3) is 5.69 Å². The number of guanidine groups is 1. The van der Waals surface area contributed by atoms with Crippen molar-refractivity contribution in [3.63, 3.8) is 0 Å². The Morgan fingerprint density at radius 1 is 1.21 bits per heavy atom. The monoisotopic (exact) mass is 455 g/mol. The van der Waals surface area contributed by atoms with E-state index in [1.165, 1.54) is 30.1 Å². The van der Waals surface area contributed by atoms with Crippen molar-refractivity contribution in [2.75, 3.05) is 12.4 Å². The Kier molecular flexibility index (Phi) is 5.53. The maximum absolute atomic E-state index is 15.1. The summed E-state index contributed by atoms with van der Waals surface area (Å²) in [7, 11) is 1.58. The molecule has 2 fully saturated rings. The Bertz CT molecular complexity index is 1060. The minimum absolute atomic E-state index is 0.102. The van der Waals surface area contributed by atoms with E-state index in [1.807, 2.05) is 12.1 Å². The maximum atomic E-state index is 15.1. The minimum Gasteiger partial charge on any atom is -0.497 e. The second kappa shape index (κ2) is 8.38. The van der Waals surface area contributed by atoms with E-state index in [4.69, 9.17) is 10.5 Å². The number of aliphatic imine (C=N–C) groups is 1. The van der Waals surface area contributed by atoms with E-state index in [1.54, 1.807) is 13.2 Å². The van der Waals surface area contributed by atoms with Gasteiger partial charge in [0.1, 0.15) is 12.1 Å². The molecule has 2 aliphatic heterocycles. The summed E-state index contributed by atoms with van der Waals surface area (Å²) in [6, 6.07) is 6.82. The van der Waals surface area contributed by atoms with Crippen molar-refractivity contribution < 1.29 is 9.13 Å². The molecule has 0 spiro atoms. The molecule has 0 bridgehead atoms. The molecule has 10 nitrogen and oxygen atoms in total. The van der Waals surface area contributed by atoms with Crippen LogP contribution in [0, 0.1) is 5.92 Å². The Morgan fingerprint density at radius 3 is 2.61 bits per heavy atom. The summed E-state index contributed by atoms with van der Waals surface area (Å²) in [5.41, 5.74) is 6.63. The predicted molar refractivity (Wildman–Crippen MR) is 123 cm³/mol. The van der Waals surface area contributed by atoms with E-state index in [0.717, 1.165) is 12.8 Å². The van der Waals surface area contributed by atoms with Gasteiger partial charge >= 0.3 is 0 Å². The summed E-state index contributed by atoms with van der Waals surface area (Å²) in [5.74, 6) is 0.435. The highest BCUT2D eigenvalue weighted by molar-refractivity contribution is 5.95. The average Bonchev–Trinajstić information content (AvgIpc) is 3.46. The molecule has 1 aromatic carbocycles. The number of benzene rings is 1. The van der Waals surface area contributed by atoms with Gasteiger partial charge in [0, 0.05) is 48.1 Å². The number of anilines is 1. The number of tetrazole rings is 1. The van der Waals surface area contributed by atoms with Crippen molar-refractivity contribution in [2.24, 2.45) is 16.6 Å². The normalized spacial score (nSPS) is 30.3. The van der Waals surface area contributed by atoms with Gasteiger partial charge in [-0.1, -0.05) is 0 Å². The summed E-state index contributed by atoms with van der Waals surface area (Å²) in [6.45, 7) is 4.43. The fourth-order valence-corrected chi connectivity index (χ4v) is 5.24. The first kappa shape index (κ1) is 21.8. The number of aromatic nitrogens is 4. The number of nitrogens with two attached hydrogens (primary N) is 1. The zero-order valence-corrected chi connectivity index (χ0v) is 19.1. The third-order valence-corrected chi connectivity index (χ3v) is 6.88. The lowest BCUT2D eigenvalue weighted by molar-refractivity contribution is 0.0373. The van der Waals surface area contributed by atoms with Gasteiger partial charge in [0.05, 0.1) is 12.8 Å². The van der Waals surface area contributed by atoms with E-state index in [0.29, 0.717) is 41.2 Å². The number of likely N-dealkylation sites (tertiary alicyclic amines) is 1. The lowest BCUT2D eigenvalue weighted by Gasteiger charge is -2.47. The van der Waals surface area contributed by atoms with E-state index < -0.39 is 11.5 Å². The highest BCUT2D eigenvalue weighted by Gasteiger charge is 2.48. The molecule has 176 valence electrons. The fraction of sp³-hybridized carbons (Fsp3) is 0.545. The van der Waals surface area contributed by atoms with Crippen molar-refractivity contribution in [3.05, 3.63) is 36.6 Å². The zero-order valence-electron chi connectivity index (χ0n) is 19.1. The molecule has 1 aliphatic carbocycles. The van der Waals surface area contributed by atoms with Gasteiger partial charge in [0.15, 0.2) is 11.5 Å². The fourth-order valence-electron chi connectivity index (χ4n) is 5.24. The van der Waals surface area contributed by atoms with Crippen LogP contribution in [0.15, 0.2) is 41.5 Å². The van der Waals surface area contributed by atoms with Gasteiger partial charge in [0.2, 0.25) is 5.96 Å². The summed E-state index contributed by atoms with van der Waals surface area (Å²) in [5, 5.41) is 17.4. The number of methoxy groups -OCH3 is 1. The summed E-state index contributed by atoms with van der Waals surface area (Å²) < 4.78 is 22.0. The first-order valence-electron chi connectivity index (χ1n) is 11.4. The number of rotatable bonds is 5. The molecule has 4 N–H and O–H groups in total. The topological polar surface area (TPSA) is 119 Å². The van der Waals surface area contributed by atoms with E-state index in [-0.39, 0.29) is 5.92 Å². The standard InChI is InChI=1S/C22H30FN9O/c1-13-6-15(7-14(2)32(13)17-4-5-17)22(24)20(23)11-25-21(28-22)27-16-8-18(10-19(9-16)33-3)31-12-26-29-30-31/h8-15,17H,4-7,24H2,1-3H3,(H2,25,27,28). The van der Waals surface area contributed by atoms with Crippen molar-refractivity contribution in [2.45, 2.75) is 63.3 Å². The highest BCUT2D eigenvalue weighted by Crippen LogP contribution is 2.43. The summed E-state index contributed by atoms with van der Waals surface area (Å²) in [6.07, 6.45) is 6.92. The first-order chi connectivity index (χ1) is 15.9. The van der Waals surface area contributed by atoms with Crippen molar-refractivity contribution in [1.82, 2.24) is 30.4 Å². The second-order valence-corrected chi connectivity index (χ2v) is 9.27. The van der Waals surface area contributed by atoms with Gasteiger partial charge in [-0.25, -0.2) is 14.1 Å². The molecule has 3 atom stereocenters. The van der Waals surface area contributed by atoms with E-state index >= 15 is 4.39 Å². The Morgan fingerprint density at radius 2 is 1.97 bits per heavy atom. The number of piperidine rings is 1. The Hall–Kier alpha value is -3.05. The largest absolute Gasteiger partial charge is 0.497 e. The highest BCUT2D eigenvalue weighted by atomic mass is 19.1. The van der Waals surface area contributed by atoms with Crippen LogP contribution in [0.4, 0.5) is 10.1 Å². The van der Waals surface area contributed by atoms with Crippen LogP contribution in [0.1, 0.15) is 39.5 Å². The average molecular weight is 456 g/mol. The second-order valence-electron chi connectivity index (χ2n) is 9.27. The van der Waals surface area contributed by atoms with Crippen LogP contribution in [0.2, 0.25) is 0 Å². The molecular weight excluding hydrogens is 425 g/mol. The summed E-state index contributed by atoms with van der Waals surface area (Å²) in [4.78, 5) is 7.21. The van der Waals surface area contributed by atoms with Crippen LogP contribution in [-0.4, -0.2) is 62.0 Å². The number of halogens is 1. The molecule has 11 heteroatoms. The van der Waals surface area contributed by atoms with E-state index in [2.05, 4.69) is 49.9 Å². The van der Waals surface area contributed by atoms with Crippen LogP contribution in [0.5, 0.6) is 5.75 Å². The molecule has 3 unspecified atom stereocenters. The third kappa shape index (κ3) is 4.18. The van der Waals surface area contributed by atoms with Gasteiger partial charge in [0.25, 0.3) is 0 Å². The molecule has 1 aromatic heterocycles.